The summed E-state index contributed by atoms with van der Waals surface area (Å²) in [5.41, 5.74) is 3.54. The summed E-state index contributed by atoms with van der Waals surface area (Å²) in [4.78, 5) is 12.3. The van der Waals surface area contributed by atoms with Crippen molar-refractivity contribution in [2.75, 3.05) is 6.79 Å². The highest BCUT2D eigenvalue weighted by molar-refractivity contribution is 7.99. The van der Waals surface area contributed by atoms with Crippen LogP contribution in [0.4, 0.5) is 0 Å². The molecule has 4 nitrogen and oxygen atoms in total. The van der Waals surface area contributed by atoms with Crippen LogP contribution in [0.25, 0.3) is 0 Å². The number of ether oxygens (including phenoxy) is 2. The number of aryl methyl sites for hydroxylation is 1. The Bertz CT molecular complexity index is 732. The van der Waals surface area contributed by atoms with Crippen LogP contribution >= 0.6 is 11.8 Å². The fourth-order valence-electron chi connectivity index (χ4n) is 2.45. The molecule has 1 amide bonds. The first-order chi connectivity index (χ1) is 11.6. The number of carbonyl (C=O) groups is 1. The Morgan fingerprint density at radius 3 is 2.83 bits per heavy atom. The molecule has 1 aliphatic heterocycles. The smallest absolute Gasteiger partial charge is 0.233 e. The minimum absolute atomic E-state index is 0.0475. The molecule has 1 heterocycles. The van der Waals surface area contributed by atoms with Gasteiger partial charge in [-0.25, -0.2) is 0 Å². The highest BCUT2D eigenvalue weighted by Gasteiger charge is 2.16. The molecule has 126 valence electrons. The van der Waals surface area contributed by atoms with E-state index in [0.29, 0.717) is 6.54 Å². The summed E-state index contributed by atoms with van der Waals surface area (Å²) in [5, 5.41) is 2.89. The second kappa shape index (κ2) is 7.62. The van der Waals surface area contributed by atoms with Crippen LogP contribution in [-0.2, 0) is 17.1 Å². The molecule has 1 N–H and O–H groups in total. The van der Waals surface area contributed by atoms with Gasteiger partial charge in [0.05, 0.1) is 5.25 Å². The molecule has 0 spiro atoms. The highest BCUT2D eigenvalue weighted by Crippen LogP contribution is 2.32. The first kappa shape index (κ1) is 16.7. The molecular weight excluding hydrogens is 322 g/mol. The molecule has 0 aromatic heterocycles. The lowest BCUT2D eigenvalue weighted by molar-refractivity contribution is -0.120. The predicted octanol–water partition coefficient (Wildman–Crippen LogP) is 3.66. The van der Waals surface area contributed by atoms with Gasteiger partial charge in [0.1, 0.15) is 0 Å². The average Bonchev–Trinajstić information content (AvgIpc) is 3.06. The Balaban J connectivity index is 1.48. The van der Waals surface area contributed by atoms with Gasteiger partial charge in [0.25, 0.3) is 0 Å². The minimum Gasteiger partial charge on any atom is -0.454 e. The zero-order chi connectivity index (χ0) is 16.9. The van der Waals surface area contributed by atoms with Crippen LogP contribution in [-0.4, -0.2) is 18.0 Å². The minimum atomic E-state index is -0.0985. The average molecular weight is 343 g/mol. The van der Waals surface area contributed by atoms with Gasteiger partial charge in [-0.3, -0.25) is 4.79 Å². The van der Waals surface area contributed by atoms with Crippen molar-refractivity contribution in [1.29, 1.82) is 0 Å². The van der Waals surface area contributed by atoms with Crippen LogP contribution < -0.4 is 14.8 Å². The van der Waals surface area contributed by atoms with Gasteiger partial charge < -0.3 is 14.8 Å². The molecule has 5 heteroatoms. The Hall–Kier alpha value is -2.14. The van der Waals surface area contributed by atoms with Crippen molar-refractivity contribution in [3.63, 3.8) is 0 Å². The molecule has 2 aromatic carbocycles. The van der Waals surface area contributed by atoms with Crippen LogP contribution in [0.1, 0.15) is 23.6 Å². The van der Waals surface area contributed by atoms with Crippen molar-refractivity contribution in [2.24, 2.45) is 0 Å². The molecule has 0 unspecified atom stereocenters. The SMILES string of the molecule is Cc1ccccc1CS[C@@H](C)C(=O)NCc1ccc2c(c1)OCO2. The Morgan fingerprint density at radius 2 is 2.00 bits per heavy atom. The van der Waals surface area contributed by atoms with Crippen LogP contribution in [0.3, 0.4) is 0 Å². The van der Waals surface area contributed by atoms with Crippen LogP contribution in [0, 0.1) is 6.92 Å². The molecule has 1 atom stereocenters. The summed E-state index contributed by atoms with van der Waals surface area (Å²) in [5.74, 6) is 2.38. The van der Waals surface area contributed by atoms with E-state index in [2.05, 4.69) is 24.4 Å². The van der Waals surface area contributed by atoms with E-state index in [0.717, 1.165) is 22.8 Å². The van der Waals surface area contributed by atoms with Gasteiger partial charge in [0, 0.05) is 12.3 Å². The lowest BCUT2D eigenvalue weighted by Gasteiger charge is -2.13. The third-order valence-electron chi connectivity index (χ3n) is 4.02. The Labute approximate surface area is 146 Å². The number of nitrogens with one attached hydrogen (secondary N) is 1. The van der Waals surface area contributed by atoms with Gasteiger partial charge in [-0.15, -0.1) is 11.8 Å². The molecule has 0 saturated carbocycles. The van der Waals surface area contributed by atoms with E-state index < -0.39 is 0 Å². The number of fused-ring (bicyclic) bond motifs is 1. The molecular formula is C19H21NO3S. The van der Waals surface area contributed by atoms with E-state index >= 15 is 0 Å². The fourth-order valence-corrected chi connectivity index (χ4v) is 3.43. The number of benzene rings is 2. The van der Waals surface area contributed by atoms with E-state index in [9.17, 15) is 4.79 Å². The predicted molar refractivity (Wildman–Crippen MR) is 96.3 cm³/mol. The van der Waals surface area contributed by atoms with E-state index in [1.165, 1.54) is 11.1 Å². The summed E-state index contributed by atoms with van der Waals surface area (Å²) in [7, 11) is 0. The van der Waals surface area contributed by atoms with Crippen molar-refractivity contribution >= 4 is 17.7 Å². The van der Waals surface area contributed by atoms with Gasteiger partial charge >= 0.3 is 0 Å². The summed E-state index contributed by atoms with van der Waals surface area (Å²) in [6.45, 7) is 4.79. The summed E-state index contributed by atoms with van der Waals surface area (Å²) in [6.07, 6.45) is 0. The zero-order valence-corrected chi connectivity index (χ0v) is 14.7. The number of rotatable bonds is 6. The lowest BCUT2D eigenvalue weighted by atomic mass is 10.1. The molecule has 0 fully saturated rings. The Morgan fingerprint density at radius 1 is 1.21 bits per heavy atom. The number of hydrogen-bond acceptors (Lipinski definition) is 4. The van der Waals surface area contributed by atoms with Crippen molar-refractivity contribution in [1.82, 2.24) is 5.32 Å². The molecule has 24 heavy (non-hydrogen) atoms. The first-order valence-corrected chi connectivity index (χ1v) is 9.00. The monoisotopic (exact) mass is 343 g/mol. The van der Waals surface area contributed by atoms with Gasteiger partial charge in [0.2, 0.25) is 12.7 Å². The second-order valence-electron chi connectivity index (χ2n) is 5.79. The summed E-state index contributed by atoms with van der Waals surface area (Å²) < 4.78 is 10.6. The van der Waals surface area contributed by atoms with E-state index in [1.807, 2.05) is 37.3 Å². The number of carbonyl (C=O) groups excluding carboxylic acids is 1. The largest absolute Gasteiger partial charge is 0.454 e. The van der Waals surface area contributed by atoms with Crippen molar-refractivity contribution < 1.29 is 14.3 Å². The topological polar surface area (TPSA) is 47.6 Å². The van der Waals surface area contributed by atoms with Crippen molar-refractivity contribution in [3.8, 4) is 11.5 Å². The molecule has 1 aliphatic rings. The molecule has 0 bridgehead atoms. The van der Waals surface area contributed by atoms with E-state index in [1.54, 1.807) is 11.8 Å². The molecule has 2 aromatic rings. The van der Waals surface area contributed by atoms with Crippen molar-refractivity contribution in [3.05, 3.63) is 59.2 Å². The van der Waals surface area contributed by atoms with Crippen molar-refractivity contribution in [2.45, 2.75) is 31.4 Å². The summed E-state index contributed by atoms with van der Waals surface area (Å²) >= 11 is 1.65. The maximum absolute atomic E-state index is 12.3. The molecule has 0 aliphatic carbocycles. The van der Waals surface area contributed by atoms with E-state index in [-0.39, 0.29) is 18.0 Å². The van der Waals surface area contributed by atoms with Gasteiger partial charge in [0.15, 0.2) is 11.5 Å². The normalized spacial score (nSPS) is 13.6. The first-order valence-electron chi connectivity index (χ1n) is 7.96. The van der Waals surface area contributed by atoms with Crippen LogP contribution in [0.5, 0.6) is 11.5 Å². The van der Waals surface area contributed by atoms with Gasteiger partial charge in [-0.05, 0) is 42.7 Å². The van der Waals surface area contributed by atoms with Crippen LogP contribution in [0.2, 0.25) is 0 Å². The standard InChI is InChI=1S/C19H21NO3S/c1-13-5-3-4-6-16(13)11-24-14(2)19(21)20-10-15-7-8-17-18(9-15)23-12-22-17/h3-9,14H,10-12H2,1-2H3,(H,20,21)/t14-/m0/s1. The quantitative estimate of drug-likeness (QED) is 0.869. The third kappa shape index (κ3) is 4.03. The van der Waals surface area contributed by atoms with Gasteiger partial charge in [-0.2, -0.15) is 0 Å². The molecule has 0 radical (unpaired) electrons. The second-order valence-corrected chi connectivity index (χ2v) is 7.11. The molecule has 3 rings (SSSR count). The highest BCUT2D eigenvalue weighted by atomic mass is 32.2. The maximum atomic E-state index is 12.3. The Kier molecular flexibility index (Phi) is 5.30. The number of hydrogen-bond donors (Lipinski definition) is 1. The maximum Gasteiger partial charge on any atom is 0.233 e. The van der Waals surface area contributed by atoms with E-state index in [4.69, 9.17) is 9.47 Å². The fraction of sp³-hybridized carbons (Fsp3) is 0.316. The zero-order valence-electron chi connectivity index (χ0n) is 13.9. The molecule has 0 saturated heterocycles. The lowest BCUT2D eigenvalue weighted by Crippen LogP contribution is -2.30. The number of amides is 1. The number of thioether (sulfide) groups is 1. The summed E-state index contributed by atoms with van der Waals surface area (Å²) in [6, 6.07) is 14.0. The van der Waals surface area contributed by atoms with Gasteiger partial charge in [-0.1, -0.05) is 30.3 Å². The van der Waals surface area contributed by atoms with Crippen LogP contribution in [0.15, 0.2) is 42.5 Å². The third-order valence-corrected chi connectivity index (χ3v) is 5.21.